The summed E-state index contributed by atoms with van der Waals surface area (Å²) >= 11 is 0. The fourth-order valence-corrected chi connectivity index (χ4v) is 2.50. The summed E-state index contributed by atoms with van der Waals surface area (Å²) < 4.78 is 10.7. The van der Waals surface area contributed by atoms with Crippen molar-refractivity contribution in [2.45, 2.75) is 39.8 Å². The molecule has 0 saturated carbocycles. The van der Waals surface area contributed by atoms with Gasteiger partial charge >= 0.3 is 12.1 Å². The van der Waals surface area contributed by atoms with Crippen molar-refractivity contribution < 1.29 is 19.1 Å². The molecule has 1 aromatic rings. The SMILES string of the molecule is CCOc1cc(CNC(=O)N2CCN(C(=O)OC(C)(C)C)CC2)ccn1. The highest BCUT2D eigenvalue weighted by Gasteiger charge is 2.27. The fourth-order valence-electron chi connectivity index (χ4n) is 2.50. The molecule has 1 saturated heterocycles. The lowest BCUT2D eigenvalue weighted by atomic mass is 10.2. The summed E-state index contributed by atoms with van der Waals surface area (Å²) in [6, 6.07) is 3.50. The van der Waals surface area contributed by atoms with E-state index in [1.807, 2.05) is 39.8 Å². The van der Waals surface area contributed by atoms with Crippen LogP contribution in [0.2, 0.25) is 0 Å². The summed E-state index contributed by atoms with van der Waals surface area (Å²) in [5, 5.41) is 2.89. The highest BCUT2D eigenvalue weighted by atomic mass is 16.6. The van der Waals surface area contributed by atoms with E-state index in [0.29, 0.717) is 45.2 Å². The van der Waals surface area contributed by atoms with Gasteiger partial charge in [-0.25, -0.2) is 14.6 Å². The third-order valence-corrected chi connectivity index (χ3v) is 3.75. The summed E-state index contributed by atoms with van der Waals surface area (Å²) in [4.78, 5) is 31.8. The van der Waals surface area contributed by atoms with Gasteiger partial charge in [0.2, 0.25) is 5.88 Å². The third kappa shape index (κ3) is 6.09. The van der Waals surface area contributed by atoms with E-state index in [1.165, 1.54) is 0 Å². The number of urea groups is 1. The minimum Gasteiger partial charge on any atom is -0.478 e. The molecule has 1 aliphatic rings. The minimum atomic E-state index is -0.517. The molecular weight excluding hydrogens is 336 g/mol. The summed E-state index contributed by atoms with van der Waals surface area (Å²) in [7, 11) is 0. The second-order valence-corrected chi connectivity index (χ2v) is 7.05. The average Bonchev–Trinajstić information content (AvgIpc) is 2.59. The first-order valence-electron chi connectivity index (χ1n) is 8.87. The number of carbonyl (C=O) groups is 2. The van der Waals surface area contributed by atoms with Crippen molar-refractivity contribution in [3.8, 4) is 5.88 Å². The number of hydrogen-bond acceptors (Lipinski definition) is 5. The Hall–Kier alpha value is -2.51. The van der Waals surface area contributed by atoms with Crippen molar-refractivity contribution in [2.75, 3.05) is 32.8 Å². The molecule has 0 aromatic carbocycles. The normalized spacial score (nSPS) is 14.8. The number of aromatic nitrogens is 1. The van der Waals surface area contributed by atoms with E-state index in [9.17, 15) is 9.59 Å². The standard InChI is InChI=1S/C18H28N4O4/c1-5-25-15-12-14(6-7-19-15)13-20-16(23)21-8-10-22(11-9-21)17(24)26-18(2,3)4/h6-7,12H,5,8-11,13H2,1-4H3,(H,20,23). The summed E-state index contributed by atoms with van der Waals surface area (Å²) in [5.41, 5.74) is 0.403. The Morgan fingerprint density at radius 1 is 1.19 bits per heavy atom. The Morgan fingerprint density at radius 2 is 1.85 bits per heavy atom. The van der Waals surface area contributed by atoms with E-state index in [2.05, 4.69) is 10.3 Å². The topological polar surface area (TPSA) is 84.0 Å². The summed E-state index contributed by atoms with van der Waals surface area (Å²) in [5.74, 6) is 0.547. The average molecular weight is 364 g/mol. The summed E-state index contributed by atoms with van der Waals surface area (Å²) in [6.45, 7) is 10.2. The van der Waals surface area contributed by atoms with Crippen molar-refractivity contribution in [3.05, 3.63) is 23.9 Å². The first kappa shape index (κ1) is 19.8. The number of rotatable bonds is 4. The number of hydrogen-bond donors (Lipinski definition) is 1. The maximum Gasteiger partial charge on any atom is 0.410 e. The van der Waals surface area contributed by atoms with Gasteiger partial charge in [0, 0.05) is 45.0 Å². The molecule has 144 valence electrons. The third-order valence-electron chi connectivity index (χ3n) is 3.75. The van der Waals surface area contributed by atoms with Crippen LogP contribution in [0, 0.1) is 0 Å². The predicted octanol–water partition coefficient (Wildman–Crippen LogP) is 2.24. The second-order valence-electron chi connectivity index (χ2n) is 7.05. The molecule has 2 heterocycles. The van der Waals surface area contributed by atoms with Gasteiger partial charge in [0.05, 0.1) is 6.61 Å². The quantitative estimate of drug-likeness (QED) is 0.886. The number of nitrogens with zero attached hydrogens (tertiary/aromatic N) is 3. The van der Waals surface area contributed by atoms with Gasteiger partial charge in [0.15, 0.2) is 0 Å². The van der Waals surface area contributed by atoms with Crippen LogP contribution in [0.4, 0.5) is 9.59 Å². The highest BCUT2D eigenvalue weighted by Crippen LogP contribution is 2.12. The zero-order valence-electron chi connectivity index (χ0n) is 15.9. The van der Waals surface area contributed by atoms with Gasteiger partial charge in [-0.1, -0.05) is 0 Å². The number of ether oxygens (including phenoxy) is 2. The Bertz CT molecular complexity index is 622. The van der Waals surface area contributed by atoms with Gasteiger partial charge < -0.3 is 24.6 Å². The molecule has 0 atom stereocenters. The van der Waals surface area contributed by atoms with Crippen LogP contribution in [0.1, 0.15) is 33.3 Å². The smallest absolute Gasteiger partial charge is 0.410 e. The number of amides is 3. The molecule has 0 aliphatic carbocycles. The molecule has 8 nitrogen and oxygen atoms in total. The van der Waals surface area contributed by atoms with Gasteiger partial charge in [-0.2, -0.15) is 0 Å². The Kier molecular flexibility index (Phi) is 6.65. The fraction of sp³-hybridized carbons (Fsp3) is 0.611. The van der Waals surface area contributed by atoms with Crippen molar-refractivity contribution in [1.82, 2.24) is 20.1 Å². The van der Waals surface area contributed by atoms with Gasteiger partial charge in [0.1, 0.15) is 5.60 Å². The second kappa shape index (κ2) is 8.73. The van der Waals surface area contributed by atoms with Crippen LogP contribution in [0.5, 0.6) is 5.88 Å². The van der Waals surface area contributed by atoms with Gasteiger partial charge in [0.25, 0.3) is 0 Å². The maximum atomic E-state index is 12.3. The molecule has 2 rings (SSSR count). The minimum absolute atomic E-state index is 0.149. The van der Waals surface area contributed by atoms with Gasteiger partial charge in [-0.15, -0.1) is 0 Å². The largest absolute Gasteiger partial charge is 0.478 e. The van der Waals surface area contributed by atoms with E-state index in [4.69, 9.17) is 9.47 Å². The van der Waals surface area contributed by atoms with Gasteiger partial charge in [-0.3, -0.25) is 0 Å². The number of carbonyl (C=O) groups excluding carboxylic acids is 2. The lowest BCUT2D eigenvalue weighted by Crippen LogP contribution is -2.53. The zero-order valence-corrected chi connectivity index (χ0v) is 15.9. The van der Waals surface area contributed by atoms with Crippen LogP contribution < -0.4 is 10.1 Å². The van der Waals surface area contributed by atoms with Crippen LogP contribution in [0.15, 0.2) is 18.3 Å². The van der Waals surface area contributed by atoms with Crippen LogP contribution in [0.25, 0.3) is 0 Å². The molecule has 1 aromatic heterocycles. The van der Waals surface area contributed by atoms with Crippen LogP contribution >= 0.6 is 0 Å². The lowest BCUT2D eigenvalue weighted by Gasteiger charge is -2.35. The molecule has 0 unspecified atom stereocenters. The first-order valence-corrected chi connectivity index (χ1v) is 8.87. The molecule has 3 amide bonds. The van der Waals surface area contributed by atoms with Crippen LogP contribution in [-0.4, -0.2) is 65.3 Å². The van der Waals surface area contributed by atoms with Crippen molar-refractivity contribution >= 4 is 12.1 Å². The first-order chi connectivity index (χ1) is 12.3. The predicted molar refractivity (Wildman–Crippen MR) is 97.0 cm³/mol. The van der Waals surface area contributed by atoms with E-state index in [-0.39, 0.29) is 12.1 Å². The van der Waals surface area contributed by atoms with E-state index < -0.39 is 5.60 Å². The van der Waals surface area contributed by atoms with Crippen LogP contribution in [0.3, 0.4) is 0 Å². The van der Waals surface area contributed by atoms with Crippen LogP contribution in [-0.2, 0) is 11.3 Å². The molecule has 1 N–H and O–H groups in total. The molecule has 1 fully saturated rings. The Labute approximate surface area is 154 Å². The molecule has 1 aliphatic heterocycles. The summed E-state index contributed by atoms with van der Waals surface area (Å²) in [6.07, 6.45) is 1.32. The van der Waals surface area contributed by atoms with Crippen molar-refractivity contribution in [3.63, 3.8) is 0 Å². The number of piperazine rings is 1. The zero-order chi connectivity index (χ0) is 19.2. The number of pyridine rings is 1. The molecule has 0 radical (unpaired) electrons. The molecule has 8 heteroatoms. The Morgan fingerprint density at radius 3 is 2.46 bits per heavy atom. The van der Waals surface area contributed by atoms with Gasteiger partial charge in [-0.05, 0) is 39.3 Å². The van der Waals surface area contributed by atoms with Crippen molar-refractivity contribution in [1.29, 1.82) is 0 Å². The molecular formula is C18H28N4O4. The van der Waals surface area contributed by atoms with E-state index in [1.54, 1.807) is 16.0 Å². The Balaban J connectivity index is 1.78. The highest BCUT2D eigenvalue weighted by molar-refractivity contribution is 5.75. The number of nitrogens with one attached hydrogen (secondary N) is 1. The molecule has 0 spiro atoms. The van der Waals surface area contributed by atoms with E-state index in [0.717, 1.165) is 5.56 Å². The monoisotopic (exact) mass is 364 g/mol. The lowest BCUT2D eigenvalue weighted by molar-refractivity contribution is 0.0170. The molecule has 0 bridgehead atoms. The van der Waals surface area contributed by atoms with E-state index >= 15 is 0 Å². The molecule has 26 heavy (non-hydrogen) atoms. The van der Waals surface area contributed by atoms with Crippen molar-refractivity contribution in [2.24, 2.45) is 0 Å². The maximum absolute atomic E-state index is 12.3.